The van der Waals surface area contributed by atoms with Gasteiger partial charge in [-0.25, -0.2) is 0 Å². The third kappa shape index (κ3) is 7.38. The smallest absolute Gasteiger partial charge is 0.657 e. The van der Waals surface area contributed by atoms with Gasteiger partial charge in [-0.3, -0.25) is 0 Å². The first-order valence-electron chi connectivity index (χ1n) is 11.0. The fourth-order valence-corrected chi connectivity index (χ4v) is 10.4. The minimum absolute atomic E-state index is 0. The molecule has 30 heavy (non-hydrogen) atoms. The van der Waals surface area contributed by atoms with Gasteiger partial charge in [0, 0.05) is 0 Å². The second kappa shape index (κ2) is 12.8. The summed E-state index contributed by atoms with van der Waals surface area (Å²) in [6.45, 7) is 23.3. The molecule has 0 radical (unpaired) electrons. The Kier molecular flexibility index (Phi) is 12.3. The summed E-state index contributed by atoms with van der Waals surface area (Å²) in [5.74, 6) is 0. The Morgan fingerprint density at radius 2 is 0.867 bits per heavy atom. The van der Waals surface area contributed by atoms with Crippen molar-refractivity contribution in [1.29, 1.82) is 0 Å². The molecule has 2 aromatic rings. The molecule has 0 N–H and O–H groups in total. The van der Waals surface area contributed by atoms with Gasteiger partial charge in [0.15, 0.2) is 0 Å². The zero-order valence-electron chi connectivity index (χ0n) is 21.1. The van der Waals surface area contributed by atoms with E-state index in [9.17, 15) is 0 Å². The van der Waals surface area contributed by atoms with Crippen LogP contribution in [0.1, 0.15) is 66.5 Å². The van der Waals surface area contributed by atoms with Gasteiger partial charge in [0.1, 0.15) is 0 Å². The quantitative estimate of drug-likeness (QED) is 0.360. The van der Waals surface area contributed by atoms with Crippen molar-refractivity contribution in [2.24, 2.45) is 0 Å². The summed E-state index contributed by atoms with van der Waals surface area (Å²) in [7, 11) is -0.503. The van der Waals surface area contributed by atoms with Crippen LogP contribution in [0.4, 0.5) is 11.4 Å². The Labute approximate surface area is 231 Å². The van der Waals surface area contributed by atoms with E-state index in [2.05, 4.69) is 106 Å². The third-order valence-corrected chi connectivity index (χ3v) is 11.6. The normalized spacial score (nSPS) is 11.9. The van der Waals surface area contributed by atoms with E-state index in [1.165, 1.54) is 33.1 Å². The second-order valence-electron chi connectivity index (χ2n) is 9.29. The first-order chi connectivity index (χ1) is 13.5. The summed E-state index contributed by atoms with van der Waals surface area (Å²) in [6.07, 6.45) is 0. The summed E-state index contributed by atoms with van der Waals surface area (Å²) < 4.78 is 0. The zero-order valence-corrected chi connectivity index (χ0v) is 26.0. The fraction of sp³-hybridized carbons (Fsp3) is 0.538. The van der Waals surface area contributed by atoms with Crippen molar-refractivity contribution in [1.82, 2.24) is 0 Å². The summed E-state index contributed by atoms with van der Waals surface area (Å²) in [5, 5.41) is 8.26. The number of rotatable bonds is 8. The van der Waals surface area contributed by atoms with Crippen LogP contribution in [0.15, 0.2) is 36.4 Å². The van der Waals surface area contributed by atoms with E-state index in [0.29, 0.717) is 22.6 Å². The molecular formula is C26H40KNP2. The van der Waals surface area contributed by atoms with Crippen LogP contribution in [0, 0.1) is 13.8 Å². The van der Waals surface area contributed by atoms with Gasteiger partial charge < -0.3 is 5.32 Å². The van der Waals surface area contributed by atoms with Gasteiger partial charge in [0.25, 0.3) is 0 Å². The Morgan fingerprint density at radius 3 is 1.13 bits per heavy atom. The summed E-state index contributed by atoms with van der Waals surface area (Å²) in [5.41, 5.74) is 7.65. The van der Waals surface area contributed by atoms with E-state index in [1.54, 1.807) is 0 Å². The van der Waals surface area contributed by atoms with Gasteiger partial charge in [-0.2, -0.15) is 0 Å². The molecule has 0 spiro atoms. The molecule has 1 nitrogen and oxygen atoms in total. The predicted molar refractivity (Wildman–Crippen MR) is 139 cm³/mol. The van der Waals surface area contributed by atoms with E-state index in [4.69, 9.17) is 5.32 Å². The van der Waals surface area contributed by atoms with E-state index in [-0.39, 0.29) is 67.2 Å². The fourth-order valence-electron chi connectivity index (χ4n) is 4.30. The summed E-state index contributed by atoms with van der Waals surface area (Å²) in [4.78, 5) is 0. The maximum atomic E-state index is 5.33. The Hall–Kier alpha value is 0.736. The largest absolute Gasteiger partial charge is 1.00 e. The van der Waals surface area contributed by atoms with Crippen molar-refractivity contribution >= 4 is 37.8 Å². The molecule has 0 aliphatic rings. The van der Waals surface area contributed by atoms with Crippen LogP contribution >= 0.6 is 15.8 Å². The van der Waals surface area contributed by atoms with Crippen LogP contribution in [0.3, 0.4) is 0 Å². The zero-order chi connectivity index (χ0) is 21.9. The summed E-state index contributed by atoms with van der Waals surface area (Å²) >= 11 is 0. The Balaban J connectivity index is 0.00000450. The topological polar surface area (TPSA) is 14.1 Å². The van der Waals surface area contributed by atoms with Crippen molar-refractivity contribution < 1.29 is 51.4 Å². The average Bonchev–Trinajstić information content (AvgIpc) is 2.58. The monoisotopic (exact) mass is 467 g/mol. The van der Waals surface area contributed by atoms with Crippen molar-refractivity contribution in [3.63, 3.8) is 0 Å². The van der Waals surface area contributed by atoms with Gasteiger partial charge in [-0.1, -0.05) is 119 Å². The Bertz CT molecular complexity index is 731. The average molecular weight is 468 g/mol. The molecule has 0 atom stereocenters. The minimum atomic E-state index is -0.251. The molecule has 0 bridgehead atoms. The van der Waals surface area contributed by atoms with E-state index in [1.807, 2.05) is 0 Å². The number of benzene rings is 2. The van der Waals surface area contributed by atoms with Crippen molar-refractivity contribution in [3.05, 3.63) is 52.8 Å². The van der Waals surface area contributed by atoms with Crippen molar-refractivity contribution in [2.45, 2.75) is 91.9 Å². The number of hydrogen-bond acceptors (Lipinski definition) is 0. The molecule has 2 rings (SSSR count). The molecule has 0 fully saturated rings. The van der Waals surface area contributed by atoms with Crippen LogP contribution in [-0.4, -0.2) is 22.6 Å². The Morgan fingerprint density at radius 1 is 0.567 bits per heavy atom. The molecule has 0 aliphatic carbocycles. The molecule has 2 aromatic carbocycles. The first-order valence-corrected chi connectivity index (χ1v) is 14.0. The number of aryl methyl sites for hydroxylation is 2. The minimum Gasteiger partial charge on any atom is -0.657 e. The molecule has 0 unspecified atom stereocenters. The maximum Gasteiger partial charge on any atom is 1.00 e. The van der Waals surface area contributed by atoms with Crippen molar-refractivity contribution in [3.8, 4) is 0 Å². The van der Waals surface area contributed by atoms with Gasteiger partial charge in [-0.15, -0.1) is 11.4 Å². The molecule has 0 saturated carbocycles. The molecule has 4 heteroatoms. The molecule has 0 saturated heterocycles. The summed E-state index contributed by atoms with van der Waals surface area (Å²) in [6, 6.07) is 13.7. The molecule has 0 heterocycles. The molecule has 160 valence electrons. The molecule has 0 aromatic heterocycles. The van der Waals surface area contributed by atoms with Gasteiger partial charge >= 0.3 is 51.4 Å². The van der Waals surface area contributed by atoms with Crippen LogP contribution in [0.5, 0.6) is 0 Å². The maximum absolute atomic E-state index is 5.33. The number of nitrogens with zero attached hydrogens (tertiary/aromatic N) is 1. The molecule has 0 aliphatic heterocycles. The van der Waals surface area contributed by atoms with Gasteiger partial charge in [0.2, 0.25) is 0 Å². The van der Waals surface area contributed by atoms with Gasteiger partial charge in [-0.05, 0) is 47.1 Å². The van der Waals surface area contributed by atoms with Crippen LogP contribution in [-0.2, 0) is 0 Å². The third-order valence-electron chi connectivity index (χ3n) is 5.28. The molecular weight excluding hydrogens is 427 g/mol. The SMILES string of the molecule is Cc1ccc([N-]c2ccc(C)cc2P(C(C)C)C(C)C)c(P(C(C)C)C(C)C)c1.[K+]. The predicted octanol–water partition coefficient (Wildman–Crippen LogP) is 5.49. The first kappa shape index (κ1) is 28.8. The van der Waals surface area contributed by atoms with Crippen LogP contribution in [0.2, 0.25) is 0 Å². The standard InChI is InChI=1S/C26H40NP2.K/c1-17(2)28(18(3)4)25-15-21(9)11-13-23(25)27-24-14-12-22(10)16-26(24)29(19(5)6)20(7)8;/h11-20H,1-10H3;/q-1;+1. The van der Waals surface area contributed by atoms with Crippen LogP contribution in [0.25, 0.3) is 5.32 Å². The molecule has 0 amide bonds. The van der Waals surface area contributed by atoms with E-state index >= 15 is 0 Å². The van der Waals surface area contributed by atoms with E-state index < -0.39 is 0 Å². The second-order valence-corrected chi connectivity index (χ2v) is 16.0. The van der Waals surface area contributed by atoms with Crippen LogP contribution < -0.4 is 62.0 Å². The van der Waals surface area contributed by atoms with E-state index in [0.717, 1.165) is 0 Å². The van der Waals surface area contributed by atoms with Gasteiger partial charge in [0.05, 0.1) is 0 Å². The van der Waals surface area contributed by atoms with Crippen molar-refractivity contribution in [2.75, 3.05) is 0 Å². The number of hydrogen-bond donors (Lipinski definition) is 0.